The summed E-state index contributed by atoms with van der Waals surface area (Å²) in [5, 5.41) is 0.556. The summed E-state index contributed by atoms with van der Waals surface area (Å²) < 4.78 is 6.35. The van der Waals surface area contributed by atoms with Crippen LogP contribution in [-0.4, -0.2) is 35.3 Å². The molecule has 1 fully saturated rings. The van der Waals surface area contributed by atoms with Crippen LogP contribution in [0, 0.1) is 6.92 Å². The van der Waals surface area contributed by atoms with Crippen LogP contribution in [0.15, 0.2) is 42.5 Å². The molecule has 2 aliphatic rings. The van der Waals surface area contributed by atoms with Crippen LogP contribution in [0.4, 0.5) is 0 Å². The fraction of sp³-hybridized carbons (Fsp3) is 0.364. The highest BCUT2D eigenvalue weighted by molar-refractivity contribution is 6.31. The first kappa shape index (κ1) is 18.1. The van der Waals surface area contributed by atoms with Gasteiger partial charge in [-0.3, -0.25) is 9.59 Å². The van der Waals surface area contributed by atoms with Crippen LogP contribution in [-0.2, 0) is 11.2 Å². The van der Waals surface area contributed by atoms with Crippen molar-refractivity contribution in [2.75, 3.05) is 13.1 Å². The van der Waals surface area contributed by atoms with Crippen LogP contribution in [0.5, 0.6) is 5.75 Å². The van der Waals surface area contributed by atoms with E-state index in [1.165, 1.54) is 0 Å². The summed E-state index contributed by atoms with van der Waals surface area (Å²) >= 11 is 6.09. The zero-order valence-corrected chi connectivity index (χ0v) is 16.1. The Hall–Kier alpha value is -2.33. The number of piperidine rings is 1. The number of ether oxygens (including phenoxy) is 1. The Morgan fingerprint density at radius 2 is 1.89 bits per heavy atom. The number of aryl methyl sites for hydroxylation is 1. The van der Waals surface area contributed by atoms with Gasteiger partial charge in [-0.25, -0.2) is 0 Å². The molecule has 2 aromatic carbocycles. The second-order valence-corrected chi connectivity index (χ2v) is 7.96. The van der Waals surface area contributed by atoms with Crippen molar-refractivity contribution >= 4 is 23.3 Å². The van der Waals surface area contributed by atoms with Gasteiger partial charge in [-0.1, -0.05) is 41.9 Å². The molecule has 2 aromatic rings. The number of ketones is 1. The van der Waals surface area contributed by atoms with Gasteiger partial charge in [0.1, 0.15) is 11.4 Å². The highest BCUT2D eigenvalue weighted by atomic mass is 35.5. The highest BCUT2D eigenvalue weighted by Gasteiger charge is 2.44. The quantitative estimate of drug-likeness (QED) is 0.780. The van der Waals surface area contributed by atoms with Crippen molar-refractivity contribution in [3.63, 3.8) is 0 Å². The molecule has 1 saturated heterocycles. The molecule has 1 spiro atoms. The molecule has 0 bridgehead atoms. The standard InChI is InChI=1S/C22H22ClNO3/c1-15-11-17(23)13-18-19(25)14-22(27-21(15)18)7-9-24(10-8-22)20(26)12-16-5-3-2-4-6-16/h2-6,11,13H,7-10,12,14H2,1H3. The molecule has 1 amide bonds. The van der Waals surface area contributed by atoms with E-state index in [0.29, 0.717) is 55.1 Å². The van der Waals surface area contributed by atoms with E-state index in [1.54, 1.807) is 6.07 Å². The smallest absolute Gasteiger partial charge is 0.226 e. The summed E-state index contributed by atoms with van der Waals surface area (Å²) in [6.45, 7) is 3.14. The van der Waals surface area contributed by atoms with Gasteiger partial charge in [-0.15, -0.1) is 0 Å². The molecule has 5 heteroatoms. The van der Waals surface area contributed by atoms with Gasteiger partial charge in [0.2, 0.25) is 5.91 Å². The molecule has 0 aromatic heterocycles. The van der Waals surface area contributed by atoms with Crippen molar-refractivity contribution in [2.45, 2.75) is 38.2 Å². The molecule has 2 aliphatic heterocycles. The van der Waals surface area contributed by atoms with Gasteiger partial charge in [-0.2, -0.15) is 0 Å². The first-order valence-electron chi connectivity index (χ1n) is 9.30. The van der Waals surface area contributed by atoms with E-state index in [0.717, 1.165) is 11.1 Å². The fourth-order valence-electron chi connectivity index (χ4n) is 4.04. The van der Waals surface area contributed by atoms with Gasteiger partial charge in [-0.05, 0) is 30.2 Å². The van der Waals surface area contributed by atoms with Crippen LogP contribution in [0.1, 0.15) is 40.7 Å². The Bertz CT molecular complexity index is 886. The van der Waals surface area contributed by atoms with Gasteiger partial charge >= 0.3 is 0 Å². The van der Waals surface area contributed by atoms with Gasteiger partial charge < -0.3 is 9.64 Å². The van der Waals surface area contributed by atoms with Crippen LogP contribution in [0.2, 0.25) is 5.02 Å². The van der Waals surface area contributed by atoms with Crippen molar-refractivity contribution in [1.82, 2.24) is 4.90 Å². The second-order valence-electron chi connectivity index (χ2n) is 7.53. The third-order valence-electron chi connectivity index (χ3n) is 5.57. The van der Waals surface area contributed by atoms with E-state index < -0.39 is 5.60 Å². The van der Waals surface area contributed by atoms with Crippen molar-refractivity contribution in [2.24, 2.45) is 0 Å². The summed E-state index contributed by atoms with van der Waals surface area (Å²) in [4.78, 5) is 27.2. The number of nitrogens with zero attached hydrogens (tertiary/aromatic N) is 1. The molecule has 140 valence electrons. The van der Waals surface area contributed by atoms with Gasteiger partial charge in [0.05, 0.1) is 18.4 Å². The van der Waals surface area contributed by atoms with E-state index in [2.05, 4.69) is 0 Å². The fourth-order valence-corrected chi connectivity index (χ4v) is 4.31. The number of hydrogen-bond donors (Lipinski definition) is 0. The first-order chi connectivity index (χ1) is 13.0. The number of carbonyl (C=O) groups is 2. The molecule has 0 aliphatic carbocycles. The Balaban J connectivity index is 1.46. The third kappa shape index (κ3) is 3.59. The SMILES string of the molecule is Cc1cc(Cl)cc2c1OC1(CCN(C(=O)Cc3ccccc3)CC1)CC2=O. The normalized spacial score (nSPS) is 18.1. The van der Waals surface area contributed by atoms with Gasteiger partial charge in [0.15, 0.2) is 5.78 Å². The van der Waals surface area contributed by atoms with Crippen LogP contribution in [0.3, 0.4) is 0 Å². The van der Waals surface area contributed by atoms with Crippen LogP contribution < -0.4 is 4.74 Å². The van der Waals surface area contributed by atoms with E-state index >= 15 is 0 Å². The van der Waals surface area contributed by atoms with Crippen molar-refractivity contribution in [3.05, 3.63) is 64.2 Å². The van der Waals surface area contributed by atoms with E-state index in [1.807, 2.05) is 48.2 Å². The Morgan fingerprint density at radius 1 is 1.19 bits per heavy atom. The van der Waals surface area contributed by atoms with Crippen molar-refractivity contribution in [3.8, 4) is 5.75 Å². The Kier molecular flexibility index (Phi) is 4.68. The number of carbonyl (C=O) groups excluding carboxylic acids is 2. The molecular weight excluding hydrogens is 362 g/mol. The van der Waals surface area contributed by atoms with E-state index in [-0.39, 0.29) is 11.7 Å². The van der Waals surface area contributed by atoms with Crippen molar-refractivity contribution < 1.29 is 14.3 Å². The van der Waals surface area contributed by atoms with Crippen LogP contribution in [0.25, 0.3) is 0 Å². The van der Waals surface area contributed by atoms with Gasteiger partial charge in [0.25, 0.3) is 0 Å². The molecule has 2 heterocycles. The molecule has 0 unspecified atom stereocenters. The minimum atomic E-state index is -0.508. The maximum absolute atomic E-state index is 12.7. The molecule has 0 radical (unpaired) electrons. The molecule has 0 atom stereocenters. The summed E-state index contributed by atoms with van der Waals surface area (Å²) in [5.74, 6) is 0.854. The molecular formula is C22H22ClNO3. The second kappa shape index (κ2) is 7.01. The molecule has 27 heavy (non-hydrogen) atoms. The summed E-state index contributed by atoms with van der Waals surface area (Å²) in [7, 11) is 0. The molecule has 4 nitrogen and oxygen atoms in total. The molecule has 0 saturated carbocycles. The monoisotopic (exact) mass is 383 g/mol. The molecule has 0 N–H and O–H groups in total. The van der Waals surface area contributed by atoms with E-state index in [4.69, 9.17) is 16.3 Å². The maximum atomic E-state index is 12.7. The lowest BCUT2D eigenvalue weighted by Crippen LogP contribution is -2.52. The van der Waals surface area contributed by atoms with Crippen LogP contribution >= 0.6 is 11.6 Å². The Morgan fingerprint density at radius 3 is 2.59 bits per heavy atom. The lowest BCUT2D eigenvalue weighted by Gasteiger charge is -2.44. The topological polar surface area (TPSA) is 46.6 Å². The Labute approximate surface area is 164 Å². The number of fused-ring (bicyclic) bond motifs is 1. The van der Waals surface area contributed by atoms with Gasteiger partial charge in [0, 0.05) is 31.0 Å². The zero-order chi connectivity index (χ0) is 19.0. The number of benzene rings is 2. The number of halogens is 1. The lowest BCUT2D eigenvalue weighted by molar-refractivity contribution is -0.134. The predicted molar refractivity (Wildman–Crippen MR) is 104 cm³/mol. The third-order valence-corrected chi connectivity index (χ3v) is 5.78. The average molecular weight is 384 g/mol. The van der Waals surface area contributed by atoms with E-state index in [9.17, 15) is 9.59 Å². The number of Topliss-reactive ketones (excluding diaryl/α,β-unsaturated/α-hetero) is 1. The summed E-state index contributed by atoms with van der Waals surface area (Å²) in [5.41, 5.74) is 1.97. The zero-order valence-electron chi connectivity index (χ0n) is 15.3. The number of hydrogen-bond acceptors (Lipinski definition) is 3. The van der Waals surface area contributed by atoms with Crippen molar-refractivity contribution in [1.29, 1.82) is 0 Å². The number of amides is 1. The summed E-state index contributed by atoms with van der Waals surface area (Å²) in [6, 6.07) is 13.3. The summed E-state index contributed by atoms with van der Waals surface area (Å²) in [6.07, 6.45) is 2.09. The minimum absolute atomic E-state index is 0.0749. The average Bonchev–Trinajstić information content (AvgIpc) is 2.64. The lowest BCUT2D eigenvalue weighted by atomic mass is 9.82. The maximum Gasteiger partial charge on any atom is 0.226 e. The number of rotatable bonds is 2. The molecule has 4 rings (SSSR count). The largest absolute Gasteiger partial charge is 0.486 e. The highest BCUT2D eigenvalue weighted by Crippen LogP contribution is 2.42. The first-order valence-corrected chi connectivity index (χ1v) is 9.68. The predicted octanol–water partition coefficient (Wildman–Crippen LogP) is 4.22. The number of likely N-dealkylation sites (tertiary alicyclic amines) is 1. The minimum Gasteiger partial charge on any atom is -0.486 e.